The number of rotatable bonds is 4. The lowest BCUT2D eigenvalue weighted by Crippen LogP contribution is -1.98. The molecule has 0 bridgehead atoms. The molecule has 0 aliphatic rings. The summed E-state index contributed by atoms with van der Waals surface area (Å²) in [6.07, 6.45) is 1.86. The zero-order valence-electron chi connectivity index (χ0n) is 9.36. The standard InChI is InChI=1S/C12H16Cl2O/c1-8-7-11(15-3)10(5-4-6-13)9(2)12(8)14/h7H,4-6H2,1-3H3. The Bertz CT molecular complexity index is 348. The van der Waals surface area contributed by atoms with Crippen LogP contribution >= 0.6 is 23.2 Å². The van der Waals surface area contributed by atoms with Gasteiger partial charge in [-0.15, -0.1) is 11.6 Å². The van der Waals surface area contributed by atoms with E-state index in [1.165, 1.54) is 5.56 Å². The van der Waals surface area contributed by atoms with E-state index < -0.39 is 0 Å². The van der Waals surface area contributed by atoms with Gasteiger partial charge in [0.1, 0.15) is 5.75 Å². The number of alkyl halides is 1. The third-order valence-electron chi connectivity index (χ3n) is 2.55. The summed E-state index contributed by atoms with van der Waals surface area (Å²) in [5.41, 5.74) is 3.34. The highest BCUT2D eigenvalue weighted by molar-refractivity contribution is 6.32. The second-order valence-electron chi connectivity index (χ2n) is 3.61. The third-order valence-corrected chi connectivity index (χ3v) is 3.40. The lowest BCUT2D eigenvalue weighted by atomic mass is 10.0. The minimum Gasteiger partial charge on any atom is -0.496 e. The largest absolute Gasteiger partial charge is 0.496 e. The Morgan fingerprint density at radius 1 is 1.33 bits per heavy atom. The average molecular weight is 247 g/mol. The van der Waals surface area contributed by atoms with Crippen molar-refractivity contribution in [2.75, 3.05) is 13.0 Å². The van der Waals surface area contributed by atoms with Gasteiger partial charge in [0.05, 0.1) is 7.11 Å². The van der Waals surface area contributed by atoms with Crippen molar-refractivity contribution in [1.82, 2.24) is 0 Å². The molecule has 1 aromatic rings. The van der Waals surface area contributed by atoms with Crippen molar-refractivity contribution in [2.45, 2.75) is 26.7 Å². The van der Waals surface area contributed by atoms with Gasteiger partial charge >= 0.3 is 0 Å². The minimum atomic E-state index is 0.661. The van der Waals surface area contributed by atoms with E-state index in [2.05, 4.69) is 0 Å². The van der Waals surface area contributed by atoms with Gasteiger partial charge in [-0.05, 0) is 49.4 Å². The van der Waals surface area contributed by atoms with E-state index in [0.29, 0.717) is 5.88 Å². The molecule has 3 heteroatoms. The molecule has 0 aliphatic carbocycles. The smallest absolute Gasteiger partial charge is 0.122 e. The molecule has 0 N–H and O–H groups in total. The number of benzene rings is 1. The second-order valence-corrected chi connectivity index (χ2v) is 4.36. The topological polar surface area (TPSA) is 9.23 Å². The Labute approximate surface area is 101 Å². The average Bonchev–Trinajstić information content (AvgIpc) is 2.24. The number of aryl methyl sites for hydroxylation is 1. The maximum Gasteiger partial charge on any atom is 0.122 e. The molecule has 0 radical (unpaired) electrons. The van der Waals surface area contributed by atoms with E-state index in [1.54, 1.807) is 7.11 Å². The van der Waals surface area contributed by atoms with Crippen LogP contribution in [0.3, 0.4) is 0 Å². The van der Waals surface area contributed by atoms with Crippen LogP contribution in [0.1, 0.15) is 23.1 Å². The fraction of sp³-hybridized carbons (Fsp3) is 0.500. The zero-order chi connectivity index (χ0) is 11.4. The van der Waals surface area contributed by atoms with Crippen molar-refractivity contribution < 1.29 is 4.74 Å². The van der Waals surface area contributed by atoms with Crippen LogP contribution in [0.25, 0.3) is 0 Å². The molecule has 0 saturated heterocycles. The van der Waals surface area contributed by atoms with E-state index in [4.69, 9.17) is 27.9 Å². The van der Waals surface area contributed by atoms with E-state index in [-0.39, 0.29) is 0 Å². The molecule has 84 valence electrons. The van der Waals surface area contributed by atoms with Crippen molar-refractivity contribution in [3.05, 3.63) is 27.8 Å². The van der Waals surface area contributed by atoms with Crippen LogP contribution in [-0.4, -0.2) is 13.0 Å². The van der Waals surface area contributed by atoms with Gasteiger partial charge in [-0.25, -0.2) is 0 Å². The summed E-state index contributed by atoms with van der Waals surface area (Å²) in [5.74, 6) is 1.58. The van der Waals surface area contributed by atoms with Gasteiger partial charge < -0.3 is 4.74 Å². The Balaban J connectivity index is 3.15. The van der Waals surface area contributed by atoms with Gasteiger partial charge in [-0.3, -0.25) is 0 Å². The van der Waals surface area contributed by atoms with Crippen LogP contribution in [0.4, 0.5) is 0 Å². The first-order chi connectivity index (χ1) is 7.11. The number of methoxy groups -OCH3 is 1. The fourth-order valence-corrected chi connectivity index (χ4v) is 2.00. The molecule has 0 amide bonds. The maximum atomic E-state index is 6.20. The Morgan fingerprint density at radius 3 is 2.53 bits per heavy atom. The summed E-state index contributed by atoms with van der Waals surface area (Å²) in [7, 11) is 1.69. The molecular weight excluding hydrogens is 231 g/mol. The van der Waals surface area contributed by atoms with Crippen molar-refractivity contribution in [3.8, 4) is 5.75 Å². The number of ether oxygens (including phenoxy) is 1. The van der Waals surface area contributed by atoms with Crippen molar-refractivity contribution >= 4 is 23.2 Å². The molecule has 0 aromatic heterocycles. The third kappa shape index (κ3) is 2.79. The molecule has 0 atom stereocenters. The first-order valence-electron chi connectivity index (χ1n) is 5.00. The van der Waals surface area contributed by atoms with Gasteiger partial charge in [0, 0.05) is 10.9 Å². The van der Waals surface area contributed by atoms with Crippen LogP contribution in [0.2, 0.25) is 5.02 Å². The molecule has 0 fully saturated rings. The summed E-state index contributed by atoms with van der Waals surface area (Å²) in [6, 6.07) is 1.99. The number of hydrogen-bond donors (Lipinski definition) is 0. The van der Waals surface area contributed by atoms with E-state index in [9.17, 15) is 0 Å². The van der Waals surface area contributed by atoms with Crippen LogP contribution in [-0.2, 0) is 6.42 Å². The van der Waals surface area contributed by atoms with E-state index in [0.717, 1.165) is 34.7 Å². The highest BCUT2D eigenvalue weighted by Gasteiger charge is 2.11. The SMILES string of the molecule is COc1cc(C)c(Cl)c(C)c1CCCCl. The van der Waals surface area contributed by atoms with Crippen LogP contribution in [0.15, 0.2) is 6.07 Å². The lowest BCUT2D eigenvalue weighted by molar-refractivity contribution is 0.408. The number of hydrogen-bond acceptors (Lipinski definition) is 1. The van der Waals surface area contributed by atoms with Crippen molar-refractivity contribution in [3.63, 3.8) is 0 Å². The summed E-state index contributed by atoms with van der Waals surface area (Å²) in [4.78, 5) is 0. The predicted octanol–water partition coefficient (Wildman–Crippen LogP) is 4.14. The Morgan fingerprint density at radius 2 is 2.00 bits per heavy atom. The maximum absolute atomic E-state index is 6.20. The molecule has 1 aromatic carbocycles. The van der Waals surface area contributed by atoms with Crippen LogP contribution in [0, 0.1) is 13.8 Å². The molecule has 0 saturated carbocycles. The Kier molecular flexibility index (Phi) is 4.75. The lowest BCUT2D eigenvalue weighted by Gasteiger charge is -2.14. The normalized spacial score (nSPS) is 10.5. The molecule has 0 heterocycles. The van der Waals surface area contributed by atoms with Gasteiger partial charge in [0.15, 0.2) is 0 Å². The summed E-state index contributed by atoms with van der Waals surface area (Å²) in [5, 5.41) is 0.834. The summed E-state index contributed by atoms with van der Waals surface area (Å²) in [6.45, 7) is 4.02. The van der Waals surface area contributed by atoms with Gasteiger partial charge in [0.2, 0.25) is 0 Å². The highest BCUT2D eigenvalue weighted by Crippen LogP contribution is 2.32. The highest BCUT2D eigenvalue weighted by atomic mass is 35.5. The van der Waals surface area contributed by atoms with E-state index in [1.807, 2.05) is 19.9 Å². The number of halogens is 2. The fourth-order valence-electron chi connectivity index (χ4n) is 1.70. The molecule has 1 nitrogen and oxygen atoms in total. The second kappa shape index (κ2) is 5.62. The zero-order valence-corrected chi connectivity index (χ0v) is 10.9. The summed E-state index contributed by atoms with van der Waals surface area (Å²) < 4.78 is 5.36. The molecule has 0 aliphatic heterocycles. The van der Waals surface area contributed by atoms with Gasteiger partial charge in [0.25, 0.3) is 0 Å². The molecule has 0 unspecified atom stereocenters. The first-order valence-corrected chi connectivity index (χ1v) is 5.91. The van der Waals surface area contributed by atoms with E-state index >= 15 is 0 Å². The van der Waals surface area contributed by atoms with Gasteiger partial charge in [-0.2, -0.15) is 0 Å². The predicted molar refractivity (Wildman–Crippen MR) is 66.5 cm³/mol. The van der Waals surface area contributed by atoms with Crippen molar-refractivity contribution in [2.24, 2.45) is 0 Å². The van der Waals surface area contributed by atoms with Crippen molar-refractivity contribution in [1.29, 1.82) is 0 Å². The Hall–Kier alpha value is -0.400. The van der Waals surface area contributed by atoms with Gasteiger partial charge in [-0.1, -0.05) is 11.6 Å². The molecule has 15 heavy (non-hydrogen) atoms. The minimum absolute atomic E-state index is 0.661. The monoisotopic (exact) mass is 246 g/mol. The molecular formula is C12H16Cl2O. The summed E-state index contributed by atoms with van der Waals surface area (Å²) >= 11 is 11.9. The first kappa shape index (κ1) is 12.7. The quantitative estimate of drug-likeness (QED) is 0.726. The molecule has 1 rings (SSSR count). The molecule has 0 spiro atoms. The van der Waals surface area contributed by atoms with Crippen LogP contribution in [0.5, 0.6) is 5.75 Å². The van der Waals surface area contributed by atoms with Crippen LogP contribution < -0.4 is 4.74 Å².